The Bertz CT molecular complexity index is 675. The standard InChI is InChI=1S/C13H11F3N4O/c14-13(15,16)10-1-3-11(4-2-10)19-5-9(7-21)6-20-12(19)17-8-18-20/h1-5,8,21H,6-7H2. The van der Waals surface area contributed by atoms with Gasteiger partial charge >= 0.3 is 6.18 Å². The number of hydrogen-bond donors (Lipinski definition) is 1. The smallest absolute Gasteiger partial charge is 0.392 e. The second-order valence-corrected chi connectivity index (χ2v) is 4.58. The van der Waals surface area contributed by atoms with E-state index in [4.69, 9.17) is 0 Å². The first-order chi connectivity index (χ1) is 9.99. The molecule has 21 heavy (non-hydrogen) atoms. The fourth-order valence-corrected chi connectivity index (χ4v) is 2.12. The topological polar surface area (TPSA) is 54.2 Å². The van der Waals surface area contributed by atoms with Crippen molar-refractivity contribution in [3.63, 3.8) is 0 Å². The van der Waals surface area contributed by atoms with Gasteiger partial charge in [0.15, 0.2) is 0 Å². The number of halogens is 3. The molecular formula is C13H11F3N4O. The maximum atomic E-state index is 12.6. The molecule has 0 atom stereocenters. The van der Waals surface area contributed by atoms with Crippen LogP contribution in [0, 0.1) is 0 Å². The highest BCUT2D eigenvalue weighted by molar-refractivity contribution is 5.62. The van der Waals surface area contributed by atoms with Gasteiger partial charge in [0.1, 0.15) is 6.33 Å². The minimum Gasteiger partial charge on any atom is -0.392 e. The Labute approximate surface area is 117 Å². The van der Waals surface area contributed by atoms with Crippen molar-refractivity contribution in [3.8, 4) is 0 Å². The van der Waals surface area contributed by atoms with Crippen LogP contribution in [0.5, 0.6) is 0 Å². The molecule has 2 heterocycles. The third kappa shape index (κ3) is 2.49. The summed E-state index contributed by atoms with van der Waals surface area (Å²) in [6, 6.07) is 4.74. The summed E-state index contributed by atoms with van der Waals surface area (Å²) in [7, 11) is 0. The average Bonchev–Trinajstić information content (AvgIpc) is 2.93. The number of anilines is 2. The first-order valence-corrected chi connectivity index (χ1v) is 6.14. The number of nitrogens with zero attached hydrogens (tertiary/aromatic N) is 4. The van der Waals surface area contributed by atoms with Gasteiger partial charge in [-0.25, -0.2) is 4.68 Å². The van der Waals surface area contributed by atoms with E-state index in [0.717, 1.165) is 12.1 Å². The summed E-state index contributed by atoms with van der Waals surface area (Å²) in [5, 5.41) is 13.3. The molecule has 0 saturated carbocycles. The van der Waals surface area contributed by atoms with E-state index in [-0.39, 0.29) is 6.61 Å². The Balaban J connectivity index is 1.99. The summed E-state index contributed by atoms with van der Waals surface area (Å²) in [6.07, 6.45) is -1.35. The molecule has 1 aliphatic rings. The summed E-state index contributed by atoms with van der Waals surface area (Å²) in [6.45, 7) is 0.249. The zero-order valence-electron chi connectivity index (χ0n) is 10.7. The normalized spacial score (nSPS) is 14.9. The molecule has 0 bridgehead atoms. The van der Waals surface area contributed by atoms with Crippen molar-refractivity contribution >= 4 is 11.6 Å². The van der Waals surface area contributed by atoms with E-state index in [1.54, 1.807) is 15.8 Å². The van der Waals surface area contributed by atoms with Gasteiger partial charge in [0.25, 0.3) is 0 Å². The summed E-state index contributed by atoms with van der Waals surface area (Å²) in [5.41, 5.74) is 0.492. The van der Waals surface area contributed by atoms with Crippen molar-refractivity contribution in [2.24, 2.45) is 0 Å². The molecule has 1 aromatic heterocycles. The van der Waals surface area contributed by atoms with Crippen molar-refractivity contribution in [2.45, 2.75) is 12.7 Å². The van der Waals surface area contributed by atoms with Gasteiger partial charge in [-0.1, -0.05) is 0 Å². The predicted octanol–water partition coefficient (Wildman–Crippen LogP) is 2.32. The second kappa shape index (κ2) is 4.88. The van der Waals surface area contributed by atoms with Crippen LogP contribution in [0.15, 0.2) is 42.4 Å². The Morgan fingerprint density at radius 3 is 2.52 bits per heavy atom. The van der Waals surface area contributed by atoms with Crippen LogP contribution in [0.4, 0.5) is 24.8 Å². The molecule has 1 N–H and O–H groups in total. The van der Waals surface area contributed by atoms with E-state index in [1.807, 2.05) is 0 Å². The van der Waals surface area contributed by atoms with Crippen LogP contribution in [0.3, 0.4) is 0 Å². The zero-order chi connectivity index (χ0) is 15.0. The van der Waals surface area contributed by atoms with Crippen molar-refractivity contribution in [3.05, 3.63) is 47.9 Å². The van der Waals surface area contributed by atoms with Crippen molar-refractivity contribution in [1.82, 2.24) is 14.8 Å². The first-order valence-electron chi connectivity index (χ1n) is 6.14. The molecule has 0 amide bonds. The molecule has 0 fully saturated rings. The molecule has 0 saturated heterocycles. The summed E-state index contributed by atoms with van der Waals surface area (Å²) >= 11 is 0. The van der Waals surface area contributed by atoms with Crippen LogP contribution in [0.2, 0.25) is 0 Å². The lowest BCUT2D eigenvalue weighted by Gasteiger charge is -2.26. The maximum Gasteiger partial charge on any atom is 0.416 e. The molecule has 110 valence electrons. The molecule has 1 aliphatic heterocycles. The van der Waals surface area contributed by atoms with Crippen LogP contribution < -0.4 is 4.90 Å². The van der Waals surface area contributed by atoms with Crippen LogP contribution in [0.1, 0.15) is 5.56 Å². The molecule has 0 radical (unpaired) electrons. The number of rotatable bonds is 2. The maximum absolute atomic E-state index is 12.6. The van der Waals surface area contributed by atoms with Gasteiger partial charge in [0.05, 0.1) is 18.7 Å². The molecule has 0 unspecified atom stereocenters. The minimum atomic E-state index is -4.37. The summed E-state index contributed by atoms with van der Waals surface area (Å²) < 4.78 is 39.3. The van der Waals surface area contributed by atoms with Gasteiger partial charge in [0.2, 0.25) is 5.95 Å². The highest BCUT2D eigenvalue weighted by atomic mass is 19.4. The molecule has 0 aliphatic carbocycles. The van der Waals surface area contributed by atoms with Gasteiger partial charge in [-0.2, -0.15) is 23.3 Å². The Morgan fingerprint density at radius 2 is 1.90 bits per heavy atom. The zero-order valence-corrected chi connectivity index (χ0v) is 10.7. The molecule has 2 aromatic rings. The molecule has 8 heteroatoms. The van der Waals surface area contributed by atoms with Crippen LogP contribution >= 0.6 is 0 Å². The summed E-state index contributed by atoms with van der Waals surface area (Å²) in [5.74, 6) is 0.493. The van der Waals surface area contributed by atoms with E-state index < -0.39 is 11.7 Å². The monoisotopic (exact) mass is 296 g/mol. The van der Waals surface area contributed by atoms with Crippen molar-refractivity contribution in [1.29, 1.82) is 0 Å². The first kappa shape index (κ1) is 13.6. The van der Waals surface area contributed by atoms with E-state index in [1.165, 1.54) is 18.5 Å². The minimum absolute atomic E-state index is 0.156. The Hall–Kier alpha value is -2.35. The van der Waals surface area contributed by atoms with E-state index >= 15 is 0 Å². The number of benzene rings is 1. The quantitative estimate of drug-likeness (QED) is 0.924. The lowest BCUT2D eigenvalue weighted by Crippen LogP contribution is -2.23. The third-order valence-electron chi connectivity index (χ3n) is 3.15. The molecular weight excluding hydrogens is 285 g/mol. The predicted molar refractivity (Wildman–Crippen MR) is 68.8 cm³/mol. The number of aliphatic hydroxyl groups excluding tert-OH is 1. The Kier molecular flexibility index (Phi) is 3.17. The fourth-order valence-electron chi connectivity index (χ4n) is 2.12. The molecule has 0 spiro atoms. The highest BCUT2D eigenvalue weighted by Crippen LogP contribution is 2.33. The van der Waals surface area contributed by atoms with E-state index in [9.17, 15) is 18.3 Å². The SMILES string of the molecule is OCC1=CN(c2ccc(C(F)(F)F)cc2)c2ncnn2C1. The highest BCUT2D eigenvalue weighted by Gasteiger charge is 2.30. The van der Waals surface area contributed by atoms with Crippen LogP contribution in [-0.2, 0) is 12.7 Å². The van der Waals surface area contributed by atoms with Gasteiger partial charge in [0, 0.05) is 11.9 Å². The van der Waals surface area contributed by atoms with Crippen molar-refractivity contribution < 1.29 is 18.3 Å². The Morgan fingerprint density at radius 1 is 1.19 bits per heavy atom. The average molecular weight is 296 g/mol. The van der Waals surface area contributed by atoms with Gasteiger partial charge in [-0.3, -0.25) is 4.90 Å². The number of alkyl halides is 3. The molecule has 1 aromatic carbocycles. The van der Waals surface area contributed by atoms with E-state index in [2.05, 4.69) is 10.1 Å². The van der Waals surface area contributed by atoms with Gasteiger partial charge in [-0.15, -0.1) is 0 Å². The number of hydrogen-bond acceptors (Lipinski definition) is 4. The molecule has 3 rings (SSSR count). The largest absolute Gasteiger partial charge is 0.416 e. The van der Waals surface area contributed by atoms with Crippen molar-refractivity contribution in [2.75, 3.05) is 11.5 Å². The van der Waals surface area contributed by atoms with Gasteiger partial charge < -0.3 is 5.11 Å². The lowest BCUT2D eigenvalue weighted by atomic mass is 10.2. The van der Waals surface area contributed by atoms with Crippen LogP contribution in [0.25, 0.3) is 0 Å². The summed E-state index contributed by atoms with van der Waals surface area (Å²) in [4.78, 5) is 5.68. The molecule has 5 nitrogen and oxygen atoms in total. The van der Waals surface area contributed by atoms with E-state index in [0.29, 0.717) is 23.8 Å². The number of aliphatic hydroxyl groups is 1. The number of aromatic nitrogens is 3. The van der Waals surface area contributed by atoms with Crippen LogP contribution in [-0.4, -0.2) is 26.5 Å². The van der Waals surface area contributed by atoms with Gasteiger partial charge in [-0.05, 0) is 29.8 Å². The second-order valence-electron chi connectivity index (χ2n) is 4.58. The third-order valence-corrected chi connectivity index (χ3v) is 3.15. The lowest BCUT2D eigenvalue weighted by molar-refractivity contribution is -0.137. The fraction of sp³-hybridized carbons (Fsp3) is 0.231. The number of fused-ring (bicyclic) bond motifs is 1.